The van der Waals surface area contributed by atoms with Crippen LogP contribution in [0.15, 0.2) is 18.2 Å². The fraction of sp³-hybridized carbons (Fsp3) is 0.714. The van der Waals surface area contributed by atoms with E-state index in [0.29, 0.717) is 31.0 Å². The SMILES string of the molecule is CC(C)NC(=O)N(C)C[C@H]1OCCCC[C@H](C)Oc2ccc(N(C)C)cc2C(=O)N([C@H](C)CO)C[C@@H]1C. The molecule has 0 aliphatic carbocycles. The number of fused-ring (bicyclic) bond motifs is 1. The fourth-order valence-electron chi connectivity index (χ4n) is 4.36. The number of ether oxygens (including phenoxy) is 2. The van der Waals surface area contributed by atoms with Gasteiger partial charge in [-0.1, -0.05) is 6.92 Å². The number of nitrogens with zero attached hydrogens (tertiary/aromatic N) is 3. The van der Waals surface area contributed by atoms with Crippen molar-refractivity contribution in [3.05, 3.63) is 23.8 Å². The maximum Gasteiger partial charge on any atom is 0.317 e. The van der Waals surface area contributed by atoms with E-state index >= 15 is 0 Å². The Morgan fingerprint density at radius 3 is 2.51 bits per heavy atom. The van der Waals surface area contributed by atoms with Gasteiger partial charge in [0.1, 0.15) is 5.75 Å². The lowest BCUT2D eigenvalue weighted by Crippen LogP contribution is -2.49. The van der Waals surface area contributed by atoms with Gasteiger partial charge in [-0.3, -0.25) is 4.79 Å². The van der Waals surface area contributed by atoms with Gasteiger partial charge in [-0.05, 0) is 65.2 Å². The Balaban J connectivity index is 2.43. The van der Waals surface area contributed by atoms with E-state index in [1.165, 1.54) is 0 Å². The van der Waals surface area contributed by atoms with Crippen molar-refractivity contribution in [1.29, 1.82) is 0 Å². The first-order valence-corrected chi connectivity index (χ1v) is 13.5. The van der Waals surface area contributed by atoms with E-state index < -0.39 is 6.04 Å². The van der Waals surface area contributed by atoms with Gasteiger partial charge in [0.2, 0.25) is 0 Å². The van der Waals surface area contributed by atoms with Crippen LogP contribution >= 0.6 is 0 Å². The van der Waals surface area contributed by atoms with Gasteiger partial charge >= 0.3 is 6.03 Å². The second-order valence-corrected chi connectivity index (χ2v) is 10.9. The number of urea groups is 1. The number of rotatable bonds is 6. The number of hydrogen-bond acceptors (Lipinski definition) is 6. The summed E-state index contributed by atoms with van der Waals surface area (Å²) < 4.78 is 12.6. The maximum atomic E-state index is 14.0. The summed E-state index contributed by atoms with van der Waals surface area (Å²) in [5.74, 6) is 0.275. The fourth-order valence-corrected chi connectivity index (χ4v) is 4.36. The first-order chi connectivity index (χ1) is 17.4. The van der Waals surface area contributed by atoms with Gasteiger partial charge in [-0.15, -0.1) is 0 Å². The highest BCUT2D eigenvalue weighted by Gasteiger charge is 2.31. The molecule has 0 radical (unpaired) electrons. The number of hydrogen-bond donors (Lipinski definition) is 2. The number of benzene rings is 1. The molecule has 1 heterocycles. The molecule has 0 unspecified atom stereocenters. The van der Waals surface area contributed by atoms with Crippen LogP contribution in [0.25, 0.3) is 0 Å². The summed E-state index contributed by atoms with van der Waals surface area (Å²) in [7, 11) is 5.63. The molecule has 37 heavy (non-hydrogen) atoms. The Morgan fingerprint density at radius 2 is 1.89 bits per heavy atom. The third-order valence-electron chi connectivity index (χ3n) is 6.76. The lowest BCUT2D eigenvalue weighted by molar-refractivity contribution is -0.0122. The summed E-state index contributed by atoms with van der Waals surface area (Å²) in [5.41, 5.74) is 1.38. The van der Waals surface area contributed by atoms with Gasteiger partial charge in [0.15, 0.2) is 0 Å². The molecule has 1 aromatic carbocycles. The summed E-state index contributed by atoms with van der Waals surface area (Å²) in [6, 6.07) is 5.15. The zero-order valence-corrected chi connectivity index (χ0v) is 24.0. The molecule has 1 aliphatic heterocycles. The van der Waals surface area contributed by atoms with Gasteiger partial charge in [0.05, 0.1) is 30.4 Å². The molecule has 1 aliphatic rings. The van der Waals surface area contributed by atoms with Crippen molar-refractivity contribution in [3.8, 4) is 5.75 Å². The molecule has 0 saturated heterocycles. The first kappa shape index (κ1) is 30.7. The van der Waals surface area contributed by atoms with E-state index in [4.69, 9.17) is 9.47 Å². The van der Waals surface area contributed by atoms with Crippen LogP contribution in [0.1, 0.15) is 64.2 Å². The molecule has 0 saturated carbocycles. The number of likely N-dealkylation sites (N-methyl/N-ethyl adjacent to an activating group) is 1. The van der Waals surface area contributed by atoms with Crippen LogP contribution in [0, 0.1) is 5.92 Å². The topological polar surface area (TPSA) is 94.6 Å². The second-order valence-electron chi connectivity index (χ2n) is 10.9. The third kappa shape index (κ3) is 9.07. The van der Waals surface area contributed by atoms with Crippen molar-refractivity contribution in [2.45, 2.75) is 78.2 Å². The monoisotopic (exact) mass is 520 g/mol. The van der Waals surface area contributed by atoms with Crippen LogP contribution in [0.4, 0.5) is 10.5 Å². The van der Waals surface area contributed by atoms with E-state index in [2.05, 4.69) is 5.32 Å². The minimum absolute atomic E-state index is 0.0344. The molecule has 2 N–H and O–H groups in total. The van der Waals surface area contributed by atoms with Crippen LogP contribution < -0.4 is 15.0 Å². The van der Waals surface area contributed by atoms with Crippen molar-refractivity contribution < 1.29 is 24.2 Å². The van der Waals surface area contributed by atoms with E-state index in [0.717, 1.165) is 24.9 Å². The van der Waals surface area contributed by atoms with Crippen LogP contribution in [-0.2, 0) is 4.74 Å². The molecule has 0 aromatic heterocycles. The summed E-state index contributed by atoms with van der Waals surface area (Å²) in [5, 5.41) is 13.0. The Labute approximate surface area is 223 Å². The highest BCUT2D eigenvalue weighted by Crippen LogP contribution is 2.29. The van der Waals surface area contributed by atoms with Crippen LogP contribution in [0.2, 0.25) is 0 Å². The summed E-state index contributed by atoms with van der Waals surface area (Å²) >= 11 is 0. The first-order valence-electron chi connectivity index (χ1n) is 13.5. The summed E-state index contributed by atoms with van der Waals surface area (Å²) in [6.45, 7) is 10.9. The molecule has 9 nitrogen and oxygen atoms in total. The molecule has 9 heteroatoms. The van der Waals surface area contributed by atoms with E-state index in [9.17, 15) is 14.7 Å². The third-order valence-corrected chi connectivity index (χ3v) is 6.76. The quantitative estimate of drug-likeness (QED) is 0.595. The van der Waals surface area contributed by atoms with Gasteiger partial charge < -0.3 is 34.6 Å². The minimum atomic E-state index is -0.404. The lowest BCUT2D eigenvalue weighted by Gasteiger charge is -2.36. The molecule has 4 atom stereocenters. The Bertz CT molecular complexity index is 878. The van der Waals surface area contributed by atoms with E-state index in [1.54, 1.807) is 16.8 Å². The smallest absolute Gasteiger partial charge is 0.317 e. The highest BCUT2D eigenvalue weighted by molar-refractivity contribution is 5.98. The highest BCUT2D eigenvalue weighted by atomic mass is 16.5. The maximum absolute atomic E-state index is 14.0. The molecular weight excluding hydrogens is 472 g/mol. The predicted octanol–water partition coefficient (Wildman–Crippen LogP) is 3.60. The van der Waals surface area contributed by atoms with Crippen LogP contribution in [0.5, 0.6) is 5.75 Å². The second kappa shape index (κ2) is 14.4. The molecule has 1 aromatic rings. The minimum Gasteiger partial charge on any atom is -0.490 e. The number of nitrogens with one attached hydrogen (secondary N) is 1. The van der Waals surface area contributed by atoms with Gasteiger partial charge in [-0.2, -0.15) is 0 Å². The van der Waals surface area contributed by atoms with E-state index in [1.807, 2.05) is 71.8 Å². The molecule has 0 fully saturated rings. The average Bonchev–Trinajstić information content (AvgIpc) is 2.84. The van der Waals surface area contributed by atoms with Crippen molar-refractivity contribution in [2.24, 2.45) is 5.92 Å². The number of carbonyl (C=O) groups excluding carboxylic acids is 2. The Morgan fingerprint density at radius 1 is 1.19 bits per heavy atom. The van der Waals surface area contributed by atoms with Gasteiger partial charge in [-0.25, -0.2) is 4.79 Å². The molecule has 2 rings (SSSR count). The van der Waals surface area contributed by atoms with Gasteiger partial charge in [0, 0.05) is 58.5 Å². The zero-order chi connectivity index (χ0) is 27.7. The summed E-state index contributed by atoms with van der Waals surface area (Å²) in [4.78, 5) is 31.9. The van der Waals surface area contributed by atoms with Crippen molar-refractivity contribution in [2.75, 3.05) is 52.3 Å². The van der Waals surface area contributed by atoms with Crippen LogP contribution in [0.3, 0.4) is 0 Å². The number of amides is 3. The van der Waals surface area contributed by atoms with Crippen molar-refractivity contribution in [1.82, 2.24) is 15.1 Å². The largest absolute Gasteiger partial charge is 0.490 e. The number of carbonyl (C=O) groups is 2. The number of aliphatic hydroxyl groups excluding tert-OH is 1. The summed E-state index contributed by atoms with van der Waals surface area (Å²) in [6.07, 6.45) is 2.30. The standard InChI is InChI=1S/C28H48N4O5/c1-19(2)29-28(35)31(8)17-26-20(3)16-32(21(4)18-33)27(34)24-15-23(30(6)7)12-13-25(24)37-22(5)11-9-10-14-36-26/h12-13,15,19-22,26,33H,9-11,14,16-18H2,1-8H3,(H,29,35)/t20-,21+,22-,26+/m0/s1. The Hall–Kier alpha value is -2.52. The lowest BCUT2D eigenvalue weighted by atomic mass is 10.0. The van der Waals surface area contributed by atoms with Crippen molar-refractivity contribution in [3.63, 3.8) is 0 Å². The molecule has 210 valence electrons. The van der Waals surface area contributed by atoms with Gasteiger partial charge in [0.25, 0.3) is 5.91 Å². The van der Waals surface area contributed by atoms with Crippen LogP contribution in [-0.4, -0.2) is 98.6 Å². The normalized spacial score (nSPS) is 22.5. The average molecular weight is 521 g/mol. The molecule has 3 amide bonds. The van der Waals surface area contributed by atoms with E-state index in [-0.39, 0.29) is 42.7 Å². The van der Waals surface area contributed by atoms with Crippen molar-refractivity contribution >= 4 is 17.6 Å². The zero-order valence-electron chi connectivity index (χ0n) is 24.0. The predicted molar refractivity (Wildman–Crippen MR) is 147 cm³/mol. The number of anilines is 1. The Kier molecular flexibility index (Phi) is 12.0. The number of aliphatic hydroxyl groups is 1. The molecular formula is C28H48N4O5. The molecule has 0 spiro atoms. The molecule has 0 bridgehead atoms.